The van der Waals surface area contributed by atoms with Gasteiger partial charge in [-0.3, -0.25) is 34.1 Å². The van der Waals surface area contributed by atoms with Crippen LogP contribution in [0.1, 0.15) is 84.0 Å². The van der Waals surface area contributed by atoms with Gasteiger partial charge in [-0.05, 0) is 85.7 Å². The van der Waals surface area contributed by atoms with Gasteiger partial charge >= 0.3 is 0 Å². The minimum absolute atomic E-state index is 0.00669. The highest BCUT2D eigenvalue weighted by Gasteiger charge is 2.48. The van der Waals surface area contributed by atoms with Gasteiger partial charge in [0.25, 0.3) is 11.8 Å². The minimum Gasteiger partial charge on any atom is -0.369 e. The highest BCUT2D eigenvalue weighted by atomic mass is 19.3. The van der Waals surface area contributed by atoms with Crippen molar-refractivity contribution in [3.8, 4) is 11.1 Å². The van der Waals surface area contributed by atoms with E-state index in [9.17, 15) is 19.2 Å². The Balaban J connectivity index is 0.923. The van der Waals surface area contributed by atoms with E-state index in [-0.39, 0.29) is 83.5 Å². The van der Waals surface area contributed by atoms with Crippen molar-refractivity contribution >= 4 is 45.8 Å². The number of likely N-dealkylation sites (tertiary alicyclic amines) is 1. The molecule has 0 radical (unpaired) electrons. The molecule has 0 spiro atoms. The molecular formula is C49H50F6N8O4. The number of benzene rings is 3. The number of hydrogen-bond acceptors (Lipinski definition) is 7. The largest absolute Gasteiger partial charge is 0.369 e. The molecule has 0 saturated carbocycles. The lowest BCUT2D eigenvalue weighted by molar-refractivity contribution is -0.134. The number of carbonyl (C=O) groups is 4. The van der Waals surface area contributed by atoms with Gasteiger partial charge in [-0.25, -0.2) is 26.3 Å². The third-order valence-electron chi connectivity index (χ3n) is 13.8. The molecule has 9 rings (SSSR count). The van der Waals surface area contributed by atoms with Gasteiger partial charge in [-0.15, -0.1) is 0 Å². The van der Waals surface area contributed by atoms with E-state index >= 15 is 26.3 Å². The number of H-pyrrole nitrogens is 1. The first-order valence-corrected chi connectivity index (χ1v) is 22.6. The average Bonchev–Trinajstić information content (AvgIpc) is 4.01. The Labute approximate surface area is 382 Å². The van der Waals surface area contributed by atoms with Crippen LogP contribution < -0.4 is 10.2 Å². The first kappa shape index (κ1) is 45.7. The standard InChI is InChI=1S/C49H50F6N8O4/c1-59(2)48(67)39-25-36-35(24-34(45(53)46(36)57-39)29-5-3-17-61(26-29)42(65)15-22-63-18-4-16-56-63)32-7-8-33(44(52)43(32)51)37-14-21-62(27-49(37,54)55)30-12-19-60(20-13-30)40-10-6-28(23-38(40)50)31-9-11-41(64)58-47(31)66/h4-8,10,16,18,23-25,30-31,37,57H,3,9,11-15,17,19-22,26-27H2,1-2H3,(H,58,64,66)/t31?,37-/m0/s1. The Morgan fingerprint density at radius 3 is 2.37 bits per heavy atom. The fourth-order valence-electron chi connectivity index (χ4n) is 10.2. The van der Waals surface area contributed by atoms with Crippen LogP contribution in [-0.4, -0.2) is 118 Å². The van der Waals surface area contributed by atoms with Gasteiger partial charge in [0.05, 0.1) is 29.6 Å². The first-order chi connectivity index (χ1) is 32.1. The number of rotatable bonds is 10. The zero-order chi connectivity index (χ0) is 47.3. The number of hydrogen-bond donors (Lipinski definition) is 2. The van der Waals surface area contributed by atoms with Gasteiger partial charge in [0.2, 0.25) is 17.7 Å². The predicted molar refractivity (Wildman–Crippen MR) is 238 cm³/mol. The van der Waals surface area contributed by atoms with Gasteiger partial charge in [-0.2, -0.15) is 5.10 Å². The second-order valence-electron chi connectivity index (χ2n) is 18.1. The number of amides is 4. The smallest absolute Gasteiger partial charge is 0.269 e. The fourth-order valence-corrected chi connectivity index (χ4v) is 10.2. The molecule has 12 nitrogen and oxygen atoms in total. The third kappa shape index (κ3) is 8.94. The Morgan fingerprint density at radius 2 is 1.67 bits per heavy atom. The second-order valence-corrected chi connectivity index (χ2v) is 18.1. The molecule has 6 heterocycles. The molecule has 1 unspecified atom stereocenters. The number of nitrogens with zero attached hydrogens (tertiary/aromatic N) is 6. The lowest BCUT2D eigenvalue weighted by atomic mass is 9.83. The summed E-state index contributed by atoms with van der Waals surface area (Å²) in [4.78, 5) is 59.5. The van der Waals surface area contributed by atoms with Crippen LogP contribution >= 0.6 is 0 Å². The summed E-state index contributed by atoms with van der Waals surface area (Å²) in [6, 6.07) is 11.2. The molecule has 18 heteroatoms. The first-order valence-electron chi connectivity index (χ1n) is 22.6. The van der Waals surface area contributed by atoms with Crippen molar-refractivity contribution in [3.05, 3.63) is 113 Å². The number of aryl methyl sites for hydroxylation is 1. The van der Waals surface area contributed by atoms with Crippen molar-refractivity contribution in [2.45, 2.75) is 75.3 Å². The van der Waals surface area contributed by atoms with Crippen LogP contribution in [0.25, 0.3) is 27.6 Å². The van der Waals surface area contributed by atoms with E-state index in [4.69, 9.17) is 0 Å². The van der Waals surface area contributed by atoms with Crippen LogP contribution in [0.2, 0.25) is 0 Å². The Morgan fingerprint density at radius 1 is 0.881 bits per heavy atom. The van der Waals surface area contributed by atoms with Crippen LogP contribution in [0.3, 0.4) is 0 Å². The maximum atomic E-state index is 16.6. The predicted octanol–water partition coefficient (Wildman–Crippen LogP) is 7.61. The molecule has 5 aromatic rings. The molecule has 352 valence electrons. The van der Waals surface area contributed by atoms with Crippen molar-refractivity contribution in [2.24, 2.45) is 0 Å². The molecule has 2 N–H and O–H groups in total. The lowest BCUT2D eigenvalue weighted by Crippen LogP contribution is -2.54. The van der Waals surface area contributed by atoms with E-state index in [1.54, 1.807) is 51.2 Å². The number of halogens is 6. The number of carbonyl (C=O) groups excluding carboxylic acids is 4. The van der Waals surface area contributed by atoms with Crippen molar-refractivity contribution in [3.63, 3.8) is 0 Å². The molecule has 4 amide bonds. The SMILES string of the molecule is CN(C)C(=O)c1cc2c(-c3ccc([C@@H]4CCN(C5CCN(c6ccc(C7CCC(=O)NC7=O)cc6F)CC5)CC4(F)F)c(F)c3F)cc(C3=CCCN(C(=O)CCn4cccn4)C3)c(F)c2[nH]1. The summed E-state index contributed by atoms with van der Waals surface area (Å²) in [6.07, 6.45) is 6.89. The summed E-state index contributed by atoms with van der Waals surface area (Å²) in [5, 5.41) is 6.50. The number of alkyl halides is 2. The van der Waals surface area contributed by atoms with E-state index in [1.807, 2.05) is 4.90 Å². The molecule has 4 aliphatic heterocycles. The normalized spacial score (nSPS) is 20.6. The zero-order valence-corrected chi connectivity index (χ0v) is 37.1. The molecule has 4 aliphatic rings. The molecule has 3 fully saturated rings. The molecule has 3 aromatic carbocycles. The number of anilines is 1. The van der Waals surface area contributed by atoms with Gasteiger partial charge in [-0.1, -0.05) is 24.3 Å². The molecule has 2 atom stereocenters. The highest BCUT2D eigenvalue weighted by molar-refractivity contribution is 6.05. The summed E-state index contributed by atoms with van der Waals surface area (Å²) in [5.41, 5.74) is 0.342. The number of imide groups is 1. The molecule has 2 aromatic heterocycles. The van der Waals surface area contributed by atoms with Gasteiger partial charge in [0.15, 0.2) is 17.5 Å². The zero-order valence-electron chi connectivity index (χ0n) is 37.1. The van der Waals surface area contributed by atoms with Crippen LogP contribution in [0.4, 0.5) is 32.0 Å². The van der Waals surface area contributed by atoms with Crippen molar-refractivity contribution in [1.29, 1.82) is 0 Å². The van der Waals surface area contributed by atoms with Gasteiger partial charge < -0.3 is 19.7 Å². The number of aromatic amines is 1. The van der Waals surface area contributed by atoms with E-state index in [1.165, 1.54) is 43.3 Å². The monoisotopic (exact) mass is 928 g/mol. The lowest BCUT2D eigenvalue weighted by Gasteiger charge is -2.45. The molecule has 0 aliphatic carbocycles. The molecule has 67 heavy (non-hydrogen) atoms. The molecular weight excluding hydrogens is 879 g/mol. The number of piperidine rings is 3. The van der Waals surface area contributed by atoms with E-state index in [2.05, 4.69) is 15.4 Å². The quantitative estimate of drug-likeness (QED) is 0.109. The summed E-state index contributed by atoms with van der Waals surface area (Å²) >= 11 is 0. The van der Waals surface area contributed by atoms with E-state index in [0.717, 1.165) is 6.07 Å². The number of nitrogens with one attached hydrogen (secondary N) is 2. The van der Waals surface area contributed by atoms with Crippen LogP contribution in [0.15, 0.2) is 67.0 Å². The van der Waals surface area contributed by atoms with Crippen LogP contribution in [0, 0.1) is 23.3 Å². The summed E-state index contributed by atoms with van der Waals surface area (Å²) in [6.45, 7) is 1.04. The molecule has 0 bridgehead atoms. The van der Waals surface area contributed by atoms with Crippen LogP contribution in [-0.2, 0) is 20.9 Å². The number of fused-ring (bicyclic) bond motifs is 1. The summed E-state index contributed by atoms with van der Waals surface area (Å²) in [5.74, 6) is -11.3. The van der Waals surface area contributed by atoms with E-state index < -0.39 is 64.9 Å². The second kappa shape index (κ2) is 18.3. The summed E-state index contributed by atoms with van der Waals surface area (Å²) < 4.78 is 99.2. The van der Waals surface area contributed by atoms with E-state index in [0.29, 0.717) is 68.7 Å². The Bertz CT molecular complexity index is 2780. The average molecular weight is 929 g/mol. The van der Waals surface area contributed by atoms with Crippen LogP contribution in [0.5, 0.6) is 0 Å². The van der Waals surface area contributed by atoms with Gasteiger partial charge in [0, 0.05) is 100 Å². The fraction of sp³-hybridized carbons (Fsp3) is 0.408. The maximum Gasteiger partial charge on any atom is 0.269 e. The van der Waals surface area contributed by atoms with Gasteiger partial charge in [0.1, 0.15) is 11.5 Å². The Kier molecular flexibility index (Phi) is 12.5. The topological polar surface area (TPSA) is 127 Å². The highest BCUT2D eigenvalue weighted by Crippen LogP contribution is 2.45. The number of aromatic nitrogens is 3. The Hall–Kier alpha value is -6.43. The summed E-state index contributed by atoms with van der Waals surface area (Å²) in [7, 11) is 3.02. The van der Waals surface area contributed by atoms with Crippen molar-refractivity contribution in [1.82, 2.24) is 34.8 Å². The van der Waals surface area contributed by atoms with Crippen molar-refractivity contribution < 1.29 is 45.5 Å². The maximum absolute atomic E-state index is 16.6. The third-order valence-corrected chi connectivity index (χ3v) is 13.8. The van der Waals surface area contributed by atoms with Crippen molar-refractivity contribution in [2.75, 3.05) is 58.3 Å². The minimum atomic E-state index is -3.45. The molecule has 3 saturated heterocycles.